The van der Waals surface area contributed by atoms with Crippen LogP contribution in [0.5, 0.6) is 0 Å². The summed E-state index contributed by atoms with van der Waals surface area (Å²) in [6.07, 6.45) is 1.81. The van der Waals surface area contributed by atoms with Crippen molar-refractivity contribution in [3.8, 4) is 0 Å². The molecule has 0 aliphatic carbocycles. The molecule has 1 fully saturated rings. The molecule has 130 valence electrons. The molecule has 7 heteroatoms. The third-order valence-corrected chi connectivity index (χ3v) is 5.80. The standard InChI is InChI=1S/C16H27N3O3S/c1-19(2)14-5-4-6-15(11-14)23(20,21)18-12-16(13-22-3)7-9-17-10-8-16/h4-6,11,17-18H,7-10,12-13H2,1-3H3. The molecular weight excluding hydrogens is 314 g/mol. The van der Waals surface area contributed by atoms with Crippen LogP contribution in [0.1, 0.15) is 12.8 Å². The van der Waals surface area contributed by atoms with E-state index in [2.05, 4.69) is 10.0 Å². The third-order valence-electron chi connectivity index (χ3n) is 4.40. The molecule has 0 spiro atoms. The molecule has 2 N–H and O–H groups in total. The zero-order chi connectivity index (χ0) is 16.9. The molecule has 0 aromatic heterocycles. The van der Waals surface area contributed by atoms with Gasteiger partial charge in [-0.1, -0.05) is 6.07 Å². The van der Waals surface area contributed by atoms with E-state index in [0.717, 1.165) is 31.6 Å². The van der Waals surface area contributed by atoms with Crippen molar-refractivity contribution in [2.75, 3.05) is 52.3 Å². The Kier molecular flexibility index (Phi) is 6.02. The Morgan fingerprint density at radius 1 is 1.30 bits per heavy atom. The lowest BCUT2D eigenvalue weighted by Crippen LogP contribution is -2.47. The number of methoxy groups -OCH3 is 1. The number of hydrogen-bond acceptors (Lipinski definition) is 5. The maximum absolute atomic E-state index is 12.6. The van der Waals surface area contributed by atoms with Crippen molar-refractivity contribution >= 4 is 15.7 Å². The van der Waals surface area contributed by atoms with E-state index in [1.165, 1.54) is 0 Å². The SMILES string of the molecule is COCC1(CNS(=O)(=O)c2cccc(N(C)C)c2)CCNCC1. The first kappa shape index (κ1) is 18.2. The molecule has 0 unspecified atom stereocenters. The average Bonchev–Trinajstić information content (AvgIpc) is 2.54. The molecule has 0 bridgehead atoms. The van der Waals surface area contributed by atoms with Gasteiger partial charge in [0.1, 0.15) is 0 Å². The van der Waals surface area contributed by atoms with Gasteiger partial charge < -0.3 is 15.0 Å². The zero-order valence-corrected chi connectivity index (χ0v) is 14.9. The van der Waals surface area contributed by atoms with Crippen LogP contribution in [-0.4, -0.2) is 55.9 Å². The zero-order valence-electron chi connectivity index (χ0n) is 14.1. The predicted molar refractivity (Wildman–Crippen MR) is 92.4 cm³/mol. The van der Waals surface area contributed by atoms with E-state index in [0.29, 0.717) is 18.0 Å². The second kappa shape index (κ2) is 7.61. The van der Waals surface area contributed by atoms with Crippen molar-refractivity contribution in [1.29, 1.82) is 0 Å². The topological polar surface area (TPSA) is 70.7 Å². The van der Waals surface area contributed by atoms with Gasteiger partial charge in [-0.2, -0.15) is 0 Å². The molecular formula is C16H27N3O3S. The van der Waals surface area contributed by atoms with E-state index in [-0.39, 0.29) is 5.41 Å². The number of ether oxygens (including phenoxy) is 1. The largest absolute Gasteiger partial charge is 0.384 e. The molecule has 0 saturated carbocycles. The van der Waals surface area contributed by atoms with Gasteiger partial charge in [0.05, 0.1) is 11.5 Å². The second-order valence-corrected chi connectivity index (χ2v) is 8.17. The Bertz CT molecular complexity index is 605. The summed E-state index contributed by atoms with van der Waals surface area (Å²) >= 11 is 0. The van der Waals surface area contributed by atoms with E-state index >= 15 is 0 Å². The third kappa shape index (κ3) is 4.67. The summed E-state index contributed by atoms with van der Waals surface area (Å²) in [6.45, 7) is 2.74. The van der Waals surface area contributed by atoms with Gasteiger partial charge in [0.25, 0.3) is 0 Å². The number of sulfonamides is 1. The highest BCUT2D eigenvalue weighted by atomic mass is 32.2. The Morgan fingerprint density at radius 2 is 2.00 bits per heavy atom. The summed E-state index contributed by atoms with van der Waals surface area (Å²) in [7, 11) is 1.92. The molecule has 23 heavy (non-hydrogen) atoms. The van der Waals surface area contributed by atoms with Gasteiger partial charge >= 0.3 is 0 Å². The molecule has 0 amide bonds. The number of benzene rings is 1. The molecule has 2 rings (SSSR count). The molecule has 1 aliphatic rings. The number of piperidine rings is 1. The fourth-order valence-corrected chi connectivity index (χ4v) is 4.09. The second-order valence-electron chi connectivity index (χ2n) is 6.40. The number of anilines is 1. The molecule has 0 atom stereocenters. The fraction of sp³-hybridized carbons (Fsp3) is 0.625. The van der Waals surface area contributed by atoms with Crippen LogP contribution in [0.25, 0.3) is 0 Å². The molecule has 1 saturated heterocycles. The van der Waals surface area contributed by atoms with Gasteiger partial charge in [-0.15, -0.1) is 0 Å². The molecule has 1 aromatic carbocycles. The van der Waals surface area contributed by atoms with Crippen LogP contribution in [0.4, 0.5) is 5.69 Å². The minimum atomic E-state index is -3.52. The van der Waals surface area contributed by atoms with E-state index in [1.54, 1.807) is 25.3 Å². The average molecular weight is 341 g/mol. The van der Waals surface area contributed by atoms with Crippen molar-refractivity contribution < 1.29 is 13.2 Å². The van der Waals surface area contributed by atoms with Crippen molar-refractivity contribution in [3.63, 3.8) is 0 Å². The van der Waals surface area contributed by atoms with Crippen molar-refractivity contribution in [3.05, 3.63) is 24.3 Å². The number of nitrogens with one attached hydrogen (secondary N) is 2. The molecule has 0 radical (unpaired) electrons. The van der Waals surface area contributed by atoms with E-state index < -0.39 is 10.0 Å². The first-order valence-electron chi connectivity index (χ1n) is 7.85. The Labute approximate surface area is 139 Å². The van der Waals surface area contributed by atoms with Crippen LogP contribution in [0.3, 0.4) is 0 Å². The smallest absolute Gasteiger partial charge is 0.240 e. The molecule has 6 nitrogen and oxygen atoms in total. The van der Waals surface area contributed by atoms with Crippen LogP contribution in [0, 0.1) is 5.41 Å². The van der Waals surface area contributed by atoms with Crippen LogP contribution in [-0.2, 0) is 14.8 Å². The van der Waals surface area contributed by atoms with Crippen molar-refractivity contribution in [2.24, 2.45) is 5.41 Å². The number of rotatable bonds is 7. The summed E-state index contributed by atoms with van der Waals surface area (Å²) in [4.78, 5) is 2.18. The number of hydrogen-bond donors (Lipinski definition) is 2. The highest BCUT2D eigenvalue weighted by Crippen LogP contribution is 2.29. The predicted octanol–water partition coefficient (Wildman–Crippen LogP) is 1.05. The van der Waals surface area contributed by atoms with E-state index in [9.17, 15) is 8.42 Å². The first-order chi connectivity index (χ1) is 10.9. The lowest BCUT2D eigenvalue weighted by atomic mass is 9.80. The maximum atomic E-state index is 12.6. The fourth-order valence-electron chi connectivity index (χ4n) is 2.90. The van der Waals surface area contributed by atoms with Crippen LogP contribution < -0.4 is 14.9 Å². The van der Waals surface area contributed by atoms with Crippen molar-refractivity contribution in [2.45, 2.75) is 17.7 Å². The quantitative estimate of drug-likeness (QED) is 0.776. The van der Waals surface area contributed by atoms with Crippen LogP contribution >= 0.6 is 0 Å². The van der Waals surface area contributed by atoms with Crippen molar-refractivity contribution in [1.82, 2.24) is 10.0 Å². The van der Waals surface area contributed by atoms with Crippen LogP contribution in [0.15, 0.2) is 29.2 Å². The molecule has 1 aromatic rings. The minimum absolute atomic E-state index is 0.133. The van der Waals surface area contributed by atoms with Gasteiger partial charge in [0.2, 0.25) is 10.0 Å². The monoisotopic (exact) mass is 341 g/mol. The normalized spacial score (nSPS) is 17.9. The number of nitrogens with zero attached hydrogens (tertiary/aromatic N) is 1. The Morgan fingerprint density at radius 3 is 2.61 bits per heavy atom. The van der Waals surface area contributed by atoms with Gasteiger partial charge in [-0.05, 0) is 44.1 Å². The lowest BCUT2D eigenvalue weighted by Gasteiger charge is -2.37. The van der Waals surface area contributed by atoms with Gasteiger partial charge in [0, 0.05) is 38.9 Å². The highest BCUT2D eigenvalue weighted by molar-refractivity contribution is 7.89. The van der Waals surface area contributed by atoms with E-state index in [4.69, 9.17) is 4.74 Å². The van der Waals surface area contributed by atoms with Gasteiger partial charge in [-0.3, -0.25) is 0 Å². The summed E-state index contributed by atoms with van der Waals surface area (Å²) < 4.78 is 33.3. The Balaban J connectivity index is 2.12. The minimum Gasteiger partial charge on any atom is -0.384 e. The maximum Gasteiger partial charge on any atom is 0.240 e. The van der Waals surface area contributed by atoms with Crippen LogP contribution in [0.2, 0.25) is 0 Å². The highest BCUT2D eigenvalue weighted by Gasteiger charge is 2.33. The molecule has 1 aliphatic heterocycles. The van der Waals surface area contributed by atoms with Gasteiger partial charge in [0.15, 0.2) is 0 Å². The summed E-state index contributed by atoms with van der Waals surface area (Å²) in [5.74, 6) is 0. The first-order valence-corrected chi connectivity index (χ1v) is 9.34. The summed E-state index contributed by atoms with van der Waals surface area (Å²) in [5, 5.41) is 3.31. The summed E-state index contributed by atoms with van der Waals surface area (Å²) in [5.41, 5.74) is 0.730. The van der Waals surface area contributed by atoms with Gasteiger partial charge in [-0.25, -0.2) is 13.1 Å². The lowest BCUT2D eigenvalue weighted by molar-refractivity contribution is 0.0577. The Hall–Kier alpha value is -1.15. The summed E-state index contributed by atoms with van der Waals surface area (Å²) in [6, 6.07) is 6.96. The molecule has 1 heterocycles. The van der Waals surface area contributed by atoms with E-state index in [1.807, 2.05) is 25.1 Å².